The number of carbonyl (C=O) groups is 2. The van der Waals surface area contributed by atoms with Gasteiger partial charge >= 0.3 is 0 Å². The van der Waals surface area contributed by atoms with Crippen molar-refractivity contribution >= 4 is 17.5 Å². The van der Waals surface area contributed by atoms with E-state index < -0.39 is 0 Å². The molecular formula is C23H29N3O3. The van der Waals surface area contributed by atoms with Gasteiger partial charge in [0.2, 0.25) is 5.91 Å². The molecule has 1 saturated heterocycles. The van der Waals surface area contributed by atoms with Crippen LogP contribution in [-0.4, -0.2) is 54.5 Å². The standard InChI is InChI=1S/C23H29N3O3/c1-23(2,3)18-10-8-17(9-11-18)22(29)24-16-21(28)26-14-12-25(13-15-26)19-6-4-5-7-20(19)27/h4-11,27H,12-16H2,1-3H3,(H,24,29). The zero-order valence-electron chi connectivity index (χ0n) is 17.3. The maximum absolute atomic E-state index is 12.5. The number of para-hydroxylation sites is 2. The second-order valence-electron chi connectivity index (χ2n) is 8.37. The third-order valence-corrected chi connectivity index (χ3v) is 5.27. The van der Waals surface area contributed by atoms with Gasteiger partial charge in [-0.1, -0.05) is 45.0 Å². The summed E-state index contributed by atoms with van der Waals surface area (Å²) in [6.45, 7) is 8.76. The predicted octanol–water partition coefficient (Wildman–Crippen LogP) is 2.77. The number of nitrogens with one attached hydrogen (secondary N) is 1. The van der Waals surface area contributed by atoms with Gasteiger partial charge in [0.1, 0.15) is 5.75 Å². The van der Waals surface area contributed by atoms with Crippen molar-refractivity contribution in [3.63, 3.8) is 0 Å². The summed E-state index contributed by atoms with van der Waals surface area (Å²) in [5.74, 6) is -0.0923. The molecule has 0 atom stereocenters. The smallest absolute Gasteiger partial charge is 0.251 e. The van der Waals surface area contributed by atoms with Crippen LogP contribution in [0.25, 0.3) is 0 Å². The fourth-order valence-electron chi connectivity index (χ4n) is 3.42. The molecule has 0 radical (unpaired) electrons. The number of piperazine rings is 1. The van der Waals surface area contributed by atoms with E-state index in [-0.39, 0.29) is 29.5 Å². The Labute approximate surface area is 172 Å². The predicted molar refractivity (Wildman–Crippen MR) is 114 cm³/mol. The van der Waals surface area contributed by atoms with Crippen molar-refractivity contribution in [1.82, 2.24) is 10.2 Å². The molecule has 154 valence electrons. The van der Waals surface area contributed by atoms with Crippen molar-refractivity contribution in [3.05, 3.63) is 59.7 Å². The van der Waals surface area contributed by atoms with Crippen LogP contribution >= 0.6 is 0 Å². The number of aromatic hydroxyl groups is 1. The van der Waals surface area contributed by atoms with Crippen molar-refractivity contribution < 1.29 is 14.7 Å². The number of hydrogen-bond donors (Lipinski definition) is 2. The van der Waals surface area contributed by atoms with Crippen LogP contribution in [-0.2, 0) is 10.2 Å². The molecule has 6 heteroatoms. The molecule has 1 aliphatic heterocycles. The number of phenolic OH excluding ortho intramolecular Hbond substituents is 1. The summed E-state index contributed by atoms with van der Waals surface area (Å²) in [4.78, 5) is 28.6. The van der Waals surface area contributed by atoms with Gasteiger partial charge in [0.05, 0.1) is 12.2 Å². The highest BCUT2D eigenvalue weighted by Gasteiger charge is 2.23. The average Bonchev–Trinajstić information content (AvgIpc) is 2.72. The lowest BCUT2D eigenvalue weighted by atomic mass is 9.87. The van der Waals surface area contributed by atoms with Gasteiger partial charge in [0, 0.05) is 31.7 Å². The topological polar surface area (TPSA) is 72.9 Å². The molecule has 1 aliphatic rings. The zero-order valence-corrected chi connectivity index (χ0v) is 17.3. The number of benzene rings is 2. The molecule has 0 saturated carbocycles. The molecule has 1 heterocycles. The third-order valence-electron chi connectivity index (χ3n) is 5.27. The van der Waals surface area contributed by atoms with E-state index in [0.717, 1.165) is 11.3 Å². The Kier molecular flexibility index (Phi) is 6.11. The molecule has 0 aromatic heterocycles. The fourth-order valence-corrected chi connectivity index (χ4v) is 3.42. The van der Waals surface area contributed by atoms with E-state index in [2.05, 4.69) is 31.0 Å². The number of hydrogen-bond acceptors (Lipinski definition) is 4. The van der Waals surface area contributed by atoms with E-state index in [0.29, 0.717) is 31.7 Å². The van der Waals surface area contributed by atoms with Crippen molar-refractivity contribution in [2.45, 2.75) is 26.2 Å². The first-order valence-corrected chi connectivity index (χ1v) is 9.95. The van der Waals surface area contributed by atoms with Crippen LogP contribution in [0.2, 0.25) is 0 Å². The van der Waals surface area contributed by atoms with E-state index in [1.807, 2.05) is 24.3 Å². The first-order valence-electron chi connectivity index (χ1n) is 9.95. The Hall–Kier alpha value is -3.02. The van der Waals surface area contributed by atoms with E-state index in [1.165, 1.54) is 0 Å². The lowest BCUT2D eigenvalue weighted by Gasteiger charge is -2.36. The summed E-state index contributed by atoms with van der Waals surface area (Å²) in [6, 6.07) is 14.7. The van der Waals surface area contributed by atoms with Crippen LogP contribution < -0.4 is 10.2 Å². The van der Waals surface area contributed by atoms with Gasteiger partial charge in [-0.3, -0.25) is 9.59 Å². The van der Waals surface area contributed by atoms with Crippen molar-refractivity contribution in [1.29, 1.82) is 0 Å². The second kappa shape index (κ2) is 8.55. The number of amides is 2. The average molecular weight is 396 g/mol. The first-order chi connectivity index (χ1) is 13.8. The number of anilines is 1. The Morgan fingerprint density at radius 3 is 2.17 bits per heavy atom. The minimum absolute atomic E-state index is 0.0174. The summed E-state index contributed by atoms with van der Waals surface area (Å²) in [5.41, 5.74) is 2.53. The number of carbonyl (C=O) groups excluding carboxylic acids is 2. The van der Waals surface area contributed by atoms with Crippen LogP contribution in [0.5, 0.6) is 5.75 Å². The van der Waals surface area contributed by atoms with E-state index in [1.54, 1.807) is 29.2 Å². The maximum Gasteiger partial charge on any atom is 0.251 e. The number of nitrogens with zero attached hydrogens (tertiary/aromatic N) is 2. The van der Waals surface area contributed by atoms with E-state index in [4.69, 9.17) is 0 Å². The lowest BCUT2D eigenvalue weighted by molar-refractivity contribution is -0.130. The summed E-state index contributed by atoms with van der Waals surface area (Å²) < 4.78 is 0. The Bertz CT molecular complexity index is 864. The first kappa shape index (κ1) is 20.7. The van der Waals surface area contributed by atoms with Gasteiger partial charge in [0.25, 0.3) is 5.91 Å². The van der Waals surface area contributed by atoms with Crippen LogP contribution in [0.15, 0.2) is 48.5 Å². The van der Waals surface area contributed by atoms with Crippen molar-refractivity contribution in [2.24, 2.45) is 0 Å². The fraction of sp³-hybridized carbons (Fsp3) is 0.391. The normalized spacial score (nSPS) is 14.6. The molecule has 29 heavy (non-hydrogen) atoms. The van der Waals surface area contributed by atoms with E-state index in [9.17, 15) is 14.7 Å². The van der Waals surface area contributed by atoms with Gasteiger partial charge < -0.3 is 20.2 Å². The van der Waals surface area contributed by atoms with Crippen LogP contribution in [0.1, 0.15) is 36.7 Å². The van der Waals surface area contributed by atoms with Gasteiger partial charge in [-0.15, -0.1) is 0 Å². The summed E-state index contributed by atoms with van der Waals surface area (Å²) in [7, 11) is 0. The summed E-state index contributed by atoms with van der Waals surface area (Å²) in [5, 5.41) is 12.7. The highest BCUT2D eigenvalue weighted by molar-refractivity contribution is 5.96. The van der Waals surface area contributed by atoms with Crippen LogP contribution in [0.3, 0.4) is 0 Å². The van der Waals surface area contributed by atoms with E-state index >= 15 is 0 Å². The Morgan fingerprint density at radius 1 is 0.966 bits per heavy atom. The molecule has 0 spiro atoms. The lowest BCUT2D eigenvalue weighted by Crippen LogP contribution is -2.51. The van der Waals surface area contributed by atoms with Crippen molar-refractivity contribution in [2.75, 3.05) is 37.6 Å². The minimum Gasteiger partial charge on any atom is -0.506 e. The largest absolute Gasteiger partial charge is 0.506 e. The molecule has 1 fully saturated rings. The SMILES string of the molecule is CC(C)(C)c1ccc(C(=O)NCC(=O)N2CCN(c3ccccc3O)CC2)cc1. The molecule has 2 amide bonds. The van der Waals surface area contributed by atoms with Crippen molar-refractivity contribution in [3.8, 4) is 5.75 Å². The molecule has 0 aliphatic carbocycles. The molecule has 2 N–H and O–H groups in total. The molecule has 3 rings (SSSR count). The summed E-state index contributed by atoms with van der Waals surface area (Å²) >= 11 is 0. The molecule has 2 aromatic carbocycles. The maximum atomic E-state index is 12.5. The number of phenols is 1. The molecular weight excluding hydrogens is 366 g/mol. The minimum atomic E-state index is -0.244. The molecule has 0 unspecified atom stereocenters. The molecule has 2 aromatic rings. The van der Waals surface area contributed by atoms with Crippen LogP contribution in [0.4, 0.5) is 5.69 Å². The zero-order chi connectivity index (χ0) is 21.0. The Balaban J connectivity index is 1.49. The monoisotopic (exact) mass is 395 g/mol. The van der Waals surface area contributed by atoms with Gasteiger partial charge in [-0.25, -0.2) is 0 Å². The van der Waals surface area contributed by atoms with Gasteiger partial charge in [0.15, 0.2) is 0 Å². The quantitative estimate of drug-likeness (QED) is 0.835. The summed E-state index contributed by atoms with van der Waals surface area (Å²) in [6.07, 6.45) is 0. The number of rotatable bonds is 4. The highest BCUT2D eigenvalue weighted by Crippen LogP contribution is 2.27. The van der Waals surface area contributed by atoms with Gasteiger partial charge in [-0.2, -0.15) is 0 Å². The molecule has 0 bridgehead atoms. The molecule has 6 nitrogen and oxygen atoms in total. The third kappa shape index (κ3) is 5.08. The Morgan fingerprint density at radius 2 is 1.59 bits per heavy atom. The highest BCUT2D eigenvalue weighted by atomic mass is 16.3. The second-order valence-corrected chi connectivity index (χ2v) is 8.37. The van der Waals surface area contributed by atoms with Crippen LogP contribution in [0, 0.1) is 0 Å². The van der Waals surface area contributed by atoms with Gasteiger partial charge in [-0.05, 0) is 35.2 Å².